The molecule has 0 saturated carbocycles. The number of anilines is 1. The maximum Gasteiger partial charge on any atom is 0.313 e. The van der Waals surface area contributed by atoms with Gasteiger partial charge in [0.1, 0.15) is 24.1 Å². The lowest BCUT2D eigenvalue weighted by molar-refractivity contribution is -0.272. The number of nitrogens with two attached hydrogens (primary N) is 1. The average Bonchev–Trinajstić information content (AvgIpc) is 3.25. The van der Waals surface area contributed by atoms with Crippen LogP contribution in [0.25, 0.3) is 0 Å². The summed E-state index contributed by atoms with van der Waals surface area (Å²) in [6, 6.07) is 6.38. The number of benzene rings is 2. The molecule has 63 heavy (non-hydrogen) atoms. The van der Waals surface area contributed by atoms with E-state index in [1.165, 1.54) is 0 Å². The van der Waals surface area contributed by atoms with Gasteiger partial charge in [-0.3, -0.25) is 14.3 Å². The number of aliphatic hydroxyl groups excluding tert-OH is 3. The molecule has 1 fully saturated rings. The van der Waals surface area contributed by atoms with Crippen molar-refractivity contribution in [1.82, 2.24) is 5.32 Å². The van der Waals surface area contributed by atoms with Crippen LogP contribution in [0.3, 0.4) is 0 Å². The number of hydrogen-bond donors (Lipinski definition) is 7. The molecule has 2 aromatic rings. The normalized spacial score (nSPS) is 19.3. The van der Waals surface area contributed by atoms with Crippen LogP contribution in [0.4, 0.5) is 23.2 Å². The molecule has 5 atom stereocenters. The van der Waals surface area contributed by atoms with Crippen LogP contribution in [0.1, 0.15) is 37.7 Å². The van der Waals surface area contributed by atoms with E-state index in [0.717, 1.165) is 19.8 Å². The Labute approximate surface area is 366 Å². The van der Waals surface area contributed by atoms with Crippen molar-refractivity contribution < 1.29 is 83.8 Å². The molecule has 3 rings (SSSR count). The zero-order valence-corrected chi connectivity index (χ0v) is 35.9. The molecule has 8 N–H and O–H groups in total. The Morgan fingerprint density at radius 3 is 2.10 bits per heavy atom. The molecular weight excluding hydrogens is 891 g/mol. The van der Waals surface area contributed by atoms with Crippen molar-refractivity contribution in [3.05, 3.63) is 53.1 Å². The van der Waals surface area contributed by atoms with E-state index in [9.17, 15) is 46.1 Å². The van der Waals surface area contributed by atoms with Crippen molar-refractivity contribution in [2.24, 2.45) is 15.9 Å². The number of nitrogens with zero attached hydrogens (tertiary/aromatic N) is 2. The lowest BCUT2D eigenvalue weighted by atomic mass is 9.97. The highest BCUT2D eigenvalue weighted by molar-refractivity contribution is 7.85. The van der Waals surface area contributed by atoms with E-state index in [0.29, 0.717) is 55.8 Å². The number of thiocarbonyl (C=S) groups is 1. The van der Waals surface area contributed by atoms with Gasteiger partial charge in [0.05, 0.1) is 83.4 Å². The van der Waals surface area contributed by atoms with E-state index in [2.05, 4.69) is 25.5 Å². The van der Waals surface area contributed by atoms with Gasteiger partial charge in [0.2, 0.25) is 17.9 Å². The molecule has 1 saturated heterocycles. The molecule has 19 nitrogen and oxygen atoms in total. The molecule has 0 aliphatic carbocycles. The molecule has 0 spiro atoms. The molecule has 1 heterocycles. The Balaban J connectivity index is 1.15. The molecule has 25 heteroatoms. The van der Waals surface area contributed by atoms with Crippen molar-refractivity contribution >= 4 is 51.0 Å². The number of carbonyl (C=O) groups excluding carboxylic acids is 1. The van der Waals surface area contributed by atoms with Gasteiger partial charge in [-0.05, 0) is 69.1 Å². The van der Waals surface area contributed by atoms with E-state index in [-0.39, 0.29) is 45.2 Å². The first-order valence-electron chi connectivity index (χ1n) is 19.6. The molecule has 1 aliphatic heterocycles. The monoisotopic (exact) mass is 943 g/mol. The second-order valence-corrected chi connectivity index (χ2v) is 15.6. The quantitative estimate of drug-likeness (QED) is 0.00549. The van der Waals surface area contributed by atoms with Crippen LogP contribution in [0.2, 0.25) is 0 Å². The average molecular weight is 944 g/mol. The number of hydrazone groups is 1. The first kappa shape index (κ1) is 53.2. The summed E-state index contributed by atoms with van der Waals surface area (Å²) in [4.78, 5) is 16.1. The fourth-order valence-electron chi connectivity index (χ4n) is 5.42. The third-order valence-corrected chi connectivity index (χ3v) is 9.83. The molecule has 0 amide bonds. The van der Waals surface area contributed by atoms with Crippen LogP contribution in [-0.4, -0.2) is 154 Å². The van der Waals surface area contributed by atoms with Crippen LogP contribution in [0, 0.1) is 30.2 Å². The van der Waals surface area contributed by atoms with Crippen LogP contribution in [0.5, 0.6) is 11.5 Å². The second-order valence-electron chi connectivity index (χ2n) is 13.6. The number of aliphatic hydroxyl groups is 3. The number of rotatable bonds is 28. The molecule has 0 bridgehead atoms. The summed E-state index contributed by atoms with van der Waals surface area (Å²) in [5.74, 6) is -4.45. The lowest BCUT2D eigenvalue weighted by Crippen LogP contribution is -2.59. The highest BCUT2D eigenvalue weighted by Gasteiger charge is 2.45. The minimum Gasteiger partial charge on any atom is -0.462 e. The summed E-state index contributed by atoms with van der Waals surface area (Å²) in [6.07, 6.45) is -4.59. The van der Waals surface area contributed by atoms with Crippen LogP contribution in [0.15, 0.2) is 34.4 Å². The zero-order chi connectivity index (χ0) is 46.4. The van der Waals surface area contributed by atoms with Gasteiger partial charge < -0.3 is 65.0 Å². The smallest absolute Gasteiger partial charge is 0.313 e. The number of unbranched alkanes of at least 4 members (excludes halogenated alkanes) is 1. The number of carbonyl (C=O) groups is 1. The lowest BCUT2D eigenvalue weighted by Gasteiger charge is -2.40. The summed E-state index contributed by atoms with van der Waals surface area (Å²) in [5.41, 5.74) is 0.417. The van der Waals surface area contributed by atoms with Gasteiger partial charge in [-0.15, -0.1) is 0 Å². The van der Waals surface area contributed by atoms with Gasteiger partial charge in [0.25, 0.3) is 10.1 Å². The summed E-state index contributed by atoms with van der Waals surface area (Å²) in [5, 5.41) is 40.9. The summed E-state index contributed by atoms with van der Waals surface area (Å²) >= 11 is 5.36. The molecule has 0 aromatic heterocycles. The topological polar surface area (TPSA) is 272 Å². The summed E-state index contributed by atoms with van der Waals surface area (Å²) in [7, 11) is -4.34. The Morgan fingerprint density at radius 2 is 1.48 bits per heavy atom. The fourth-order valence-corrected chi connectivity index (χ4v) is 6.17. The van der Waals surface area contributed by atoms with Gasteiger partial charge in [0.15, 0.2) is 22.6 Å². The first-order valence-corrected chi connectivity index (χ1v) is 21.6. The van der Waals surface area contributed by atoms with Crippen LogP contribution >= 0.6 is 12.2 Å². The van der Waals surface area contributed by atoms with Crippen LogP contribution in [-0.2, 0) is 38.6 Å². The van der Waals surface area contributed by atoms with Crippen molar-refractivity contribution in [2.45, 2.75) is 69.7 Å². The van der Waals surface area contributed by atoms with Gasteiger partial charge in [-0.2, -0.15) is 17.9 Å². The van der Waals surface area contributed by atoms with Crippen molar-refractivity contribution in [3.63, 3.8) is 0 Å². The van der Waals surface area contributed by atoms with Crippen molar-refractivity contribution in [2.75, 3.05) is 77.0 Å². The van der Waals surface area contributed by atoms with E-state index in [1.54, 1.807) is 30.5 Å². The third kappa shape index (κ3) is 19.2. The number of hydrogen-bond acceptors (Lipinski definition) is 17. The molecular formula is C38H53F4N5O14S2. The van der Waals surface area contributed by atoms with Gasteiger partial charge in [0, 0.05) is 24.0 Å². The van der Waals surface area contributed by atoms with Gasteiger partial charge in [-0.25, -0.2) is 13.2 Å². The van der Waals surface area contributed by atoms with Crippen molar-refractivity contribution in [3.8, 4) is 11.5 Å². The maximum absolute atomic E-state index is 14.0. The number of esters is 1. The summed E-state index contributed by atoms with van der Waals surface area (Å²) in [6.45, 7) is 3.51. The molecule has 1 aliphatic rings. The zero-order valence-electron chi connectivity index (χ0n) is 34.3. The standard InChI is InChI=1S/C38H53F4N5O14S2/c1-23-29(39)31(41)32(42)36(30(23)40)61-28(48)9-13-55-15-17-57-19-20-58-18-16-56-14-12-44-22-25(47-43)4-2-3-11-45-38(62)46-24-5-7-26(8-6-24)59-37-35(51)34(50)33(49)27(60-37)10-21-63(52,53)54/h5-8,22,27,33-35,37,49-51H,2-4,9-21,43H2,1H3,(H2,45,46,62)(H,52,53,54)/t27-,33-,34+,35+,37?/m1/s1. The van der Waals surface area contributed by atoms with Crippen molar-refractivity contribution in [1.29, 1.82) is 0 Å². The van der Waals surface area contributed by atoms with E-state index in [4.69, 9.17) is 51.0 Å². The number of nitrogens with one attached hydrogen (secondary N) is 2. The Morgan fingerprint density at radius 1 is 0.857 bits per heavy atom. The Hall–Kier alpha value is -4.15. The predicted molar refractivity (Wildman–Crippen MR) is 222 cm³/mol. The Kier molecular flexibility index (Phi) is 23.6. The SMILES string of the molecule is Cc1c(F)c(F)c(F)c(OC(=O)CCOCCOCCOCCOCCN=CC(CCCCNC(=S)Nc2ccc(OC3O[C@H](CCS(=O)(=O)O)[C@@H](O)[C@H](O)[C@@H]3O)cc2)=NN)c1F. The minimum atomic E-state index is -4.34. The van der Waals surface area contributed by atoms with Crippen LogP contribution < -0.4 is 25.9 Å². The van der Waals surface area contributed by atoms with E-state index in [1.807, 2.05) is 0 Å². The number of ether oxygens (including phenoxy) is 7. The number of halogens is 4. The highest BCUT2D eigenvalue weighted by Crippen LogP contribution is 2.30. The minimum absolute atomic E-state index is 0.105. The molecule has 1 unspecified atom stereocenters. The molecule has 2 aromatic carbocycles. The first-order chi connectivity index (χ1) is 30.0. The van der Waals surface area contributed by atoms with Gasteiger partial charge >= 0.3 is 5.97 Å². The predicted octanol–water partition coefficient (Wildman–Crippen LogP) is 1.92. The van der Waals surface area contributed by atoms with E-state index >= 15 is 0 Å². The number of aliphatic imine (C=N–C) groups is 1. The maximum atomic E-state index is 14.0. The third-order valence-electron chi connectivity index (χ3n) is 8.83. The molecule has 0 radical (unpaired) electrons. The highest BCUT2D eigenvalue weighted by atomic mass is 32.2. The second kappa shape index (κ2) is 27.9. The van der Waals surface area contributed by atoms with E-state index < -0.39 is 93.5 Å². The Bertz CT molecular complexity index is 1890. The molecule has 354 valence electrons. The van der Waals surface area contributed by atoms with Gasteiger partial charge in [-0.1, -0.05) is 0 Å². The summed E-state index contributed by atoms with van der Waals surface area (Å²) < 4.78 is 123. The largest absolute Gasteiger partial charge is 0.462 e. The fraction of sp³-hybridized carbons (Fsp3) is 0.579.